The summed E-state index contributed by atoms with van der Waals surface area (Å²) < 4.78 is 19.8. The van der Waals surface area contributed by atoms with E-state index in [1.807, 2.05) is 97.1 Å². The topological polar surface area (TPSA) is 143 Å². The number of ether oxygens (including phenoxy) is 3. The van der Waals surface area contributed by atoms with Crippen LogP contribution in [0.4, 0.5) is 0 Å². The molecule has 5 aromatic carbocycles. The Morgan fingerprint density at radius 1 is 0.768 bits per heavy atom. The molecule has 0 spiro atoms. The molecule has 0 aromatic heterocycles. The van der Waals surface area contributed by atoms with Crippen LogP contribution in [0.3, 0.4) is 0 Å². The van der Waals surface area contributed by atoms with Crippen LogP contribution >= 0.6 is 0 Å². The normalized spacial score (nSPS) is 18.4. The lowest BCUT2D eigenvalue weighted by Gasteiger charge is -2.31. The first kappa shape index (κ1) is 38.0. The molecule has 4 N–H and O–H groups in total. The molecule has 5 aromatic rings. The molecule has 1 aliphatic heterocycles. The number of allylic oxidation sites excluding steroid dienone is 1. The van der Waals surface area contributed by atoms with Crippen molar-refractivity contribution in [3.05, 3.63) is 190 Å². The molecule has 1 aliphatic carbocycles. The Balaban J connectivity index is 1.12. The van der Waals surface area contributed by atoms with Gasteiger partial charge in [0.15, 0.2) is 0 Å². The highest BCUT2D eigenvalue weighted by Crippen LogP contribution is 2.47. The number of aliphatic hydroxyl groups is 1. The van der Waals surface area contributed by atoms with Crippen molar-refractivity contribution in [3.63, 3.8) is 0 Å². The van der Waals surface area contributed by atoms with E-state index < -0.39 is 30.1 Å². The third kappa shape index (κ3) is 8.63. The van der Waals surface area contributed by atoms with Crippen molar-refractivity contribution in [3.8, 4) is 5.75 Å². The van der Waals surface area contributed by atoms with E-state index in [1.54, 1.807) is 54.6 Å². The molecule has 1 fully saturated rings. The summed E-state index contributed by atoms with van der Waals surface area (Å²) in [7, 11) is 0. The summed E-state index contributed by atoms with van der Waals surface area (Å²) in [6, 6.07) is 40.1. The van der Waals surface area contributed by atoms with Gasteiger partial charge in [0, 0.05) is 41.8 Å². The van der Waals surface area contributed by atoms with E-state index in [2.05, 4.69) is 10.6 Å². The molecule has 0 bridgehead atoms. The number of esters is 1. The number of aromatic hydroxyl groups is 1. The number of hydrogen-bond donors (Lipinski definition) is 4. The summed E-state index contributed by atoms with van der Waals surface area (Å²) in [6.45, 7) is 0.0979. The van der Waals surface area contributed by atoms with Crippen LogP contribution in [0.25, 0.3) is 6.08 Å². The highest BCUT2D eigenvalue weighted by molar-refractivity contribution is 5.95. The molecule has 3 atom stereocenters. The fourth-order valence-electron chi connectivity index (χ4n) is 6.92. The molecule has 0 saturated carbocycles. The number of amides is 2. The summed E-state index contributed by atoms with van der Waals surface area (Å²) in [6.07, 6.45) is 3.84. The summed E-state index contributed by atoms with van der Waals surface area (Å²) in [4.78, 5) is 40.0. The second-order valence-corrected chi connectivity index (χ2v) is 13.6. The van der Waals surface area contributed by atoms with E-state index in [4.69, 9.17) is 19.3 Å². The molecule has 10 nitrogen and oxygen atoms in total. The number of carbonyl (C=O) groups is 3. The zero-order valence-corrected chi connectivity index (χ0v) is 30.5. The number of carbonyl (C=O) groups excluding carboxylic acids is 3. The highest BCUT2D eigenvalue weighted by Gasteiger charge is 2.55. The number of rotatable bonds is 13. The first-order chi connectivity index (χ1) is 27.3. The van der Waals surface area contributed by atoms with Gasteiger partial charge in [0.1, 0.15) is 24.1 Å². The first-order valence-electron chi connectivity index (χ1n) is 18.5. The van der Waals surface area contributed by atoms with Gasteiger partial charge in [-0.2, -0.15) is 0 Å². The molecule has 10 heteroatoms. The smallest absolute Gasteiger partial charge is 0.338 e. The molecule has 1 heterocycles. The van der Waals surface area contributed by atoms with Gasteiger partial charge in [-0.15, -0.1) is 0 Å². The van der Waals surface area contributed by atoms with Gasteiger partial charge in [0.2, 0.25) is 11.7 Å². The molecule has 0 radical (unpaired) electrons. The predicted octanol–water partition coefficient (Wildman–Crippen LogP) is 6.23. The van der Waals surface area contributed by atoms with E-state index in [0.717, 1.165) is 22.3 Å². The SMILES string of the molecule is O=C(NCc1cccc(C(=O)NCCO)c1)C1=CC2OC(c3ccccc3)(c3ccccc3)OC2C(OC(=O)c2ccc(C=CCc3ccccc3O)cc2)C1. The average molecular weight is 751 g/mol. The number of phenols is 1. The Morgan fingerprint density at radius 3 is 2.16 bits per heavy atom. The number of hydrogen-bond acceptors (Lipinski definition) is 8. The van der Waals surface area contributed by atoms with Crippen LogP contribution in [-0.4, -0.2) is 59.5 Å². The van der Waals surface area contributed by atoms with Gasteiger partial charge >= 0.3 is 5.97 Å². The molecule has 56 heavy (non-hydrogen) atoms. The monoisotopic (exact) mass is 750 g/mol. The molecular formula is C46H42N2O8. The third-order valence-corrected chi connectivity index (χ3v) is 9.76. The number of aliphatic hydroxyl groups excluding tert-OH is 1. The first-order valence-corrected chi connectivity index (χ1v) is 18.5. The lowest BCUT2D eigenvalue weighted by atomic mass is 9.91. The van der Waals surface area contributed by atoms with Crippen LogP contribution in [0.15, 0.2) is 151 Å². The Kier molecular flexibility index (Phi) is 11.8. The maximum atomic E-state index is 13.8. The lowest BCUT2D eigenvalue weighted by Crippen LogP contribution is -2.43. The van der Waals surface area contributed by atoms with Gasteiger partial charge in [-0.3, -0.25) is 9.59 Å². The van der Waals surface area contributed by atoms with E-state index in [9.17, 15) is 19.5 Å². The summed E-state index contributed by atoms with van der Waals surface area (Å²) >= 11 is 0. The minimum absolute atomic E-state index is 0.0680. The zero-order valence-electron chi connectivity index (χ0n) is 30.5. The van der Waals surface area contributed by atoms with E-state index >= 15 is 0 Å². The number of fused-ring (bicyclic) bond motifs is 1. The van der Waals surface area contributed by atoms with Crippen molar-refractivity contribution < 1.29 is 38.8 Å². The van der Waals surface area contributed by atoms with Crippen molar-refractivity contribution in [2.24, 2.45) is 0 Å². The maximum Gasteiger partial charge on any atom is 0.338 e. The molecule has 2 amide bonds. The molecule has 2 aliphatic rings. The van der Waals surface area contributed by atoms with E-state index in [-0.39, 0.29) is 43.7 Å². The third-order valence-electron chi connectivity index (χ3n) is 9.76. The Bertz CT molecular complexity index is 2180. The number of phenolic OH excluding ortho intramolecular Hbond substituents is 1. The van der Waals surface area contributed by atoms with E-state index in [0.29, 0.717) is 28.7 Å². The minimum atomic E-state index is -1.34. The Labute approximate surface area is 325 Å². The number of para-hydroxylation sites is 1. The Hall–Kier alpha value is -6.33. The standard InChI is InChI=1S/C46H42N2O8/c49-26-25-47-43(51)35-15-10-12-32(27-35)30-48-44(52)36-28-40(54-45(53)34-23-21-31(22-24-34)11-9-14-33-13-7-8-20-39(33)50)42-41(29-36)55-46(56-42,37-16-3-1-4-17-37)38-18-5-2-6-19-38/h1-13,15-24,27,29,40-42,49-50H,14,25-26,28,30H2,(H,47,51)(H,48,52). The van der Waals surface area contributed by atoms with Crippen molar-refractivity contribution in [2.75, 3.05) is 13.2 Å². The fraction of sp³-hybridized carbons (Fsp3) is 0.196. The van der Waals surface area contributed by atoms with Crippen molar-refractivity contribution >= 4 is 23.9 Å². The molecule has 7 rings (SSSR count). The molecule has 284 valence electrons. The largest absolute Gasteiger partial charge is 0.508 e. The van der Waals surface area contributed by atoms with Gasteiger partial charge < -0.3 is 35.1 Å². The van der Waals surface area contributed by atoms with Crippen LogP contribution in [0.2, 0.25) is 0 Å². The maximum absolute atomic E-state index is 13.8. The van der Waals surface area contributed by atoms with Gasteiger partial charge in [0.05, 0.1) is 12.2 Å². The second kappa shape index (κ2) is 17.4. The van der Waals surface area contributed by atoms with Gasteiger partial charge in [0.25, 0.3) is 5.91 Å². The highest BCUT2D eigenvalue weighted by atomic mass is 16.8. The molecule has 3 unspecified atom stereocenters. The number of benzene rings is 5. The number of nitrogens with one attached hydrogen (secondary N) is 2. The van der Waals surface area contributed by atoms with Crippen molar-refractivity contribution in [2.45, 2.75) is 43.5 Å². The van der Waals surface area contributed by atoms with Gasteiger partial charge in [-0.1, -0.05) is 115 Å². The zero-order chi connectivity index (χ0) is 38.9. The average Bonchev–Trinajstić information content (AvgIpc) is 3.65. The van der Waals surface area contributed by atoms with Crippen LogP contribution in [0, 0.1) is 0 Å². The minimum Gasteiger partial charge on any atom is -0.508 e. The van der Waals surface area contributed by atoms with Crippen LogP contribution < -0.4 is 10.6 Å². The quantitative estimate of drug-likeness (QED) is 0.104. The second-order valence-electron chi connectivity index (χ2n) is 13.6. The van der Waals surface area contributed by atoms with Gasteiger partial charge in [-0.25, -0.2) is 4.79 Å². The Morgan fingerprint density at radius 2 is 1.46 bits per heavy atom. The van der Waals surface area contributed by atoms with Crippen molar-refractivity contribution in [1.29, 1.82) is 0 Å². The van der Waals surface area contributed by atoms with Crippen LogP contribution in [0.5, 0.6) is 5.75 Å². The molecular weight excluding hydrogens is 709 g/mol. The van der Waals surface area contributed by atoms with Crippen molar-refractivity contribution in [1.82, 2.24) is 10.6 Å². The van der Waals surface area contributed by atoms with E-state index in [1.165, 1.54) is 0 Å². The summed E-state index contributed by atoms with van der Waals surface area (Å²) in [5, 5.41) is 24.7. The fourth-order valence-corrected chi connectivity index (χ4v) is 6.92. The van der Waals surface area contributed by atoms with Crippen LogP contribution in [0.1, 0.15) is 55.0 Å². The van der Waals surface area contributed by atoms with Gasteiger partial charge in [-0.05, 0) is 59.5 Å². The summed E-state index contributed by atoms with van der Waals surface area (Å²) in [5.74, 6) is -2.38. The predicted molar refractivity (Wildman–Crippen MR) is 210 cm³/mol. The molecule has 1 saturated heterocycles. The summed E-state index contributed by atoms with van der Waals surface area (Å²) in [5.41, 5.74) is 4.99. The lowest BCUT2D eigenvalue weighted by molar-refractivity contribution is -0.157. The van der Waals surface area contributed by atoms with Crippen LogP contribution in [-0.2, 0) is 37.8 Å².